The van der Waals surface area contributed by atoms with E-state index in [1.165, 1.54) is 11.8 Å². The molecule has 0 N–H and O–H groups in total. The van der Waals surface area contributed by atoms with Crippen molar-refractivity contribution in [3.05, 3.63) is 36.5 Å². The molecule has 1 aliphatic heterocycles. The Morgan fingerprint density at radius 1 is 1.36 bits per heavy atom. The summed E-state index contributed by atoms with van der Waals surface area (Å²) in [6, 6.07) is 1.71. The number of nitrogens with zero attached hydrogens (tertiary/aromatic N) is 4. The van der Waals surface area contributed by atoms with Crippen LogP contribution in [0.4, 0.5) is 5.82 Å². The molecule has 5 nitrogen and oxygen atoms in total. The van der Waals surface area contributed by atoms with E-state index in [4.69, 9.17) is 11.6 Å². The van der Waals surface area contributed by atoms with Crippen LogP contribution in [0.15, 0.2) is 36.5 Å². The number of piperidine rings is 1. The first-order chi connectivity index (χ1) is 12.0. The van der Waals surface area contributed by atoms with Gasteiger partial charge in [0.2, 0.25) is 5.91 Å². The maximum atomic E-state index is 12.4. The molecule has 2 rings (SSSR count). The summed E-state index contributed by atoms with van der Waals surface area (Å²) in [7, 11) is 0. The fraction of sp³-hybridized carbons (Fsp3) is 0.500. The van der Waals surface area contributed by atoms with Gasteiger partial charge in [-0.3, -0.25) is 4.79 Å². The van der Waals surface area contributed by atoms with Crippen LogP contribution in [0.25, 0.3) is 0 Å². The van der Waals surface area contributed by atoms with E-state index in [-0.39, 0.29) is 5.91 Å². The summed E-state index contributed by atoms with van der Waals surface area (Å²) in [5, 5.41) is 0.879. The first-order valence-corrected chi connectivity index (χ1v) is 9.81. The third kappa shape index (κ3) is 6.04. The van der Waals surface area contributed by atoms with Gasteiger partial charge < -0.3 is 9.80 Å². The minimum Gasteiger partial charge on any atom is -0.349 e. The van der Waals surface area contributed by atoms with Crippen molar-refractivity contribution in [3.8, 4) is 0 Å². The van der Waals surface area contributed by atoms with Gasteiger partial charge in [-0.25, -0.2) is 9.97 Å². The third-order valence-corrected chi connectivity index (χ3v) is 5.17. The van der Waals surface area contributed by atoms with Gasteiger partial charge in [0.1, 0.15) is 11.0 Å². The van der Waals surface area contributed by atoms with Gasteiger partial charge in [-0.15, -0.1) is 13.2 Å². The summed E-state index contributed by atoms with van der Waals surface area (Å²) in [5.74, 6) is 1.88. The molecule has 0 bridgehead atoms. The van der Waals surface area contributed by atoms with Crippen LogP contribution in [0.5, 0.6) is 0 Å². The van der Waals surface area contributed by atoms with Gasteiger partial charge >= 0.3 is 0 Å². The van der Waals surface area contributed by atoms with Crippen LogP contribution in [0.1, 0.15) is 19.8 Å². The Morgan fingerprint density at radius 3 is 2.60 bits per heavy atom. The van der Waals surface area contributed by atoms with E-state index in [1.807, 2.05) is 9.80 Å². The SMILES string of the molecule is C=CCN(CC=C)c1cc(Cl)nc(SCC(=O)N2CCC(C)CC2)n1. The molecule has 136 valence electrons. The van der Waals surface area contributed by atoms with Gasteiger partial charge in [0.05, 0.1) is 5.75 Å². The van der Waals surface area contributed by atoms with Gasteiger partial charge in [-0.1, -0.05) is 42.4 Å². The Bertz CT molecular complexity index is 607. The van der Waals surface area contributed by atoms with Gasteiger partial charge in [0, 0.05) is 32.2 Å². The standard InChI is InChI=1S/C18H25ClN4OS/c1-4-8-22(9-5-2)16-12-15(19)20-18(21-16)25-13-17(24)23-10-6-14(3)7-11-23/h4-5,12,14H,1-2,6-11,13H2,3H3. The fourth-order valence-corrected chi connectivity index (χ4v) is 3.64. The number of carbonyl (C=O) groups is 1. The molecule has 1 aromatic heterocycles. The molecular formula is C18H25ClN4OS. The predicted octanol–water partition coefficient (Wildman–Crippen LogP) is 3.66. The molecular weight excluding hydrogens is 356 g/mol. The smallest absolute Gasteiger partial charge is 0.233 e. The summed E-state index contributed by atoms with van der Waals surface area (Å²) in [4.78, 5) is 25.0. The second kappa shape index (κ2) is 9.82. The number of amides is 1. The molecule has 0 saturated carbocycles. The lowest BCUT2D eigenvalue weighted by Gasteiger charge is -2.30. The lowest BCUT2D eigenvalue weighted by molar-refractivity contribution is -0.129. The Kier molecular flexibility index (Phi) is 7.78. The molecule has 0 unspecified atom stereocenters. The van der Waals surface area contributed by atoms with Crippen molar-refractivity contribution < 1.29 is 4.79 Å². The van der Waals surface area contributed by atoms with Gasteiger partial charge in [0.15, 0.2) is 5.16 Å². The van der Waals surface area contributed by atoms with Crippen LogP contribution in [0.3, 0.4) is 0 Å². The highest BCUT2D eigenvalue weighted by molar-refractivity contribution is 7.99. The first kappa shape index (κ1) is 19.8. The number of likely N-dealkylation sites (tertiary alicyclic amines) is 1. The summed E-state index contributed by atoms with van der Waals surface area (Å²) in [6.45, 7) is 12.7. The molecule has 1 aliphatic rings. The van der Waals surface area contributed by atoms with Crippen molar-refractivity contribution in [2.75, 3.05) is 36.8 Å². The molecule has 1 aromatic rings. The summed E-state index contributed by atoms with van der Waals surface area (Å²) >= 11 is 7.47. The van der Waals surface area contributed by atoms with Crippen molar-refractivity contribution in [3.63, 3.8) is 0 Å². The average Bonchev–Trinajstić information content (AvgIpc) is 2.59. The van der Waals surface area contributed by atoms with Gasteiger partial charge in [-0.2, -0.15) is 0 Å². The van der Waals surface area contributed by atoms with Crippen molar-refractivity contribution in [1.82, 2.24) is 14.9 Å². The number of hydrogen-bond donors (Lipinski definition) is 0. The highest BCUT2D eigenvalue weighted by Gasteiger charge is 2.20. The normalized spacial score (nSPS) is 15.0. The van der Waals surface area contributed by atoms with Crippen molar-refractivity contribution >= 4 is 35.1 Å². The van der Waals surface area contributed by atoms with Crippen LogP contribution in [-0.2, 0) is 4.79 Å². The van der Waals surface area contributed by atoms with Crippen LogP contribution in [-0.4, -0.2) is 52.7 Å². The largest absolute Gasteiger partial charge is 0.349 e. The topological polar surface area (TPSA) is 49.3 Å². The number of hydrogen-bond acceptors (Lipinski definition) is 5. The minimum atomic E-state index is 0.135. The lowest BCUT2D eigenvalue weighted by atomic mass is 9.99. The fourth-order valence-electron chi connectivity index (χ4n) is 2.66. The van der Waals surface area contributed by atoms with Crippen LogP contribution in [0.2, 0.25) is 5.15 Å². The molecule has 1 saturated heterocycles. The zero-order chi connectivity index (χ0) is 18.2. The molecule has 0 spiro atoms. The molecule has 0 radical (unpaired) electrons. The third-order valence-electron chi connectivity index (χ3n) is 4.14. The van der Waals surface area contributed by atoms with E-state index in [0.29, 0.717) is 40.9 Å². The summed E-state index contributed by atoms with van der Waals surface area (Å²) in [6.07, 6.45) is 5.75. The Labute approximate surface area is 159 Å². The summed E-state index contributed by atoms with van der Waals surface area (Å²) < 4.78 is 0. The van der Waals surface area contributed by atoms with Crippen molar-refractivity contribution in [2.24, 2.45) is 5.92 Å². The van der Waals surface area contributed by atoms with E-state index >= 15 is 0 Å². The lowest BCUT2D eigenvalue weighted by Crippen LogP contribution is -2.38. The number of thioether (sulfide) groups is 1. The van der Waals surface area contributed by atoms with Crippen molar-refractivity contribution in [1.29, 1.82) is 0 Å². The Morgan fingerprint density at radius 2 is 2.00 bits per heavy atom. The monoisotopic (exact) mass is 380 g/mol. The Hall–Kier alpha value is -1.53. The number of halogens is 1. The van der Waals surface area contributed by atoms with Gasteiger partial charge in [0.25, 0.3) is 0 Å². The second-order valence-corrected chi connectivity index (χ2v) is 7.50. The van der Waals surface area contributed by atoms with Crippen molar-refractivity contribution in [2.45, 2.75) is 24.9 Å². The van der Waals surface area contributed by atoms with Crippen LogP contribution >= 0.6 is 23.4 Å². The van der Waals surface area contributed by atoms with E-state index in [1.54, 1.807) is 18.2 Å². The van der Waals surface area contributed by atoms with E-state index in [0.717, 1.165) is 25.9 Å². The highest BCUT2D eigenvalue weighted by Crippen LogP contribution is 2.23. The first-order valence-electron chi connectivity index (χ1n) is 8.45. The number of aromatic nitrogens is 2. The number of anilines is 1. The zero-order valence-electron chi connectivity index (χ0n) is 14.7. The quantitative estimate of drug-likeness (QED) is 0.298. The van der Waals surface area contributed by atoms with Crippen LogP contribution < -0.4 is 4.90 Å². The molecule has 0 aromatic carbocycles. The highest BCUT2D eigenvalue weighted by atomic mass is 35.5. The minimum absolute atomic E-state index is 0.135. The maximum absolute atomic E-state index is 12.4. The average molecular weight is 381 g/mol. The molecule has 1 fully saturated rings. The van der Waals surface area contributed by atoms with E-state index < -0.39 is 0 Å². The zero-order valence-corrected chi connectivity index (χ0v) is 16.2. The molecule has 7 heteroatoms. The van der Waals surface area contributed by atoms with Gasteiger partial charge in [-0.05, 0) is 18.8 Å². The molecule has 0 aliphatic carbocycles. The predicted molar refractivity (Wildman–Crippen MR) is 105 cm³/mol. The summed E-state index contributed by atoms with van der Waals surface area (Å²) in [5.41, 5.74) is 0. The Balaban J connectivity index is 2.00. The van der Waals surface area contributed by atoms with E-state index in [2.05, 4.69) is 30.0 Å². The molecule has 1 amide bonds. The molecule has 2 heterocycles. The maximum Gasteiger partial charge on any atom is 0.233 e. The van der Waals surface area contributed by atoms with Crippen LogP contribution in [0, 0.1) is 5.92 Å². The number of carbonyl (C=O) groups excluding carboxylic acids is 1. The molecule has 25 heavy (non-hydrogen) atoms. The van der Waals surface area contributed by atoms with E-state index in [9.17, 15) is 4.79 Å². The second-order valence-electron chi connectivity index (χ2n) is 6.17. The molecule has 0 atom stereocenters. The number of rotatable bonds is 8.